The molecule has 0 radical (unpaired) electrons. The van der Waals surface area contributed by atoms with Crippen LogP contribution in [0.25, 0.3) is 6.08 Å². The number of hydrogen-bond acceptors (Lipinski definition) is 8. The van der Waals surface area contributed by atoms with Crippen molar-refractivity contribution in [3.63, 3.8) is 0 Å². The van der Waals surface area contributed by atoms with E-state index >= 15 is 0 Å². The molecule has 5 rings (SSSR count). The van der Waals surface area contributed by atoms with Crippen LogP contribution in [0.1, 0.15) is 50.4 Å². The van der Waals surface area contributed by atoms with Crippen LogP contribution in [0.5, 0.6) is 17.2 Å². The van der Waals surface area contributed by atoms with Crippen molar-refractivity contribution in [3.05, 3.63) is 120 Å². The number of carbonyl (C=O) groups is 1. The molecule has 1 aromatic heterocycles. The minimum atomic E-state index is -0.757. The highest BCUT2D eigenvalue weighted by Gasteiger charge is 2.34. The van der Waals surface area contributed by atoms with Gasteiger partial charge in [-0.1, -0.05) is 59.9 Å². The van der Waals surface area contributed by atoms with Gasteiger partial charge in [0.05, 0.1) is 41.7 Å². The third kappa shape index (κ3) is 6.57. The van der Waals surface area contributed by atoms with E-state index in [-0.39, 0.29) is 12.2 Å². The van der Waals surface area contributed by atoms with Crippen LogP contribution in [0.2, 0.25) is 0 Å². The third-order valence-corrected chi connectivity index (χ3v) is 7.79. The second-order valence-corrected chi connectivity index (χ2v) is 10.7. The van der Waals surface area contributed by atoms with Crippen LogP contribution in [0, 0.1) is 0 Å². The van der Waals surface area contributed by atoms with Gasteiger partial charge in [-0.25, -0.2) is 9.79 Å². The van der Waals surface area contributed by atoms with E-state index in [0.29, 0.717) is 63.2 Å². The number of hydrogen-bond donors (Lipinski definition) is 0. The Morgan fingerprint density at radius 3 is 2.42 bits per heavy atom. The molecule has 1 aliphatic heterocycles. The number of aromatic nitrogens is 1. The number of nitrogens with zero attached hydrogens (tertiary/aromatic N) is 2. The first-order valence-corrected chi connectivity index (χ1v) is 15.1. The Hall–Kier alpha value is -4.63. The number of benzene rings is 3. The van der Waals surface area contributed by atoms with Crippen LogP contribution >= 0.6 is 11.3 Å². The molecule has 222 valence electrons. The lowest BCUT2D eigenvalue weighted by Gasteiger charge is -2.25. The summed E-state index contributed by atoms with van der Waals surface area (Å²) in [6.45, 7) is 8.85. The van der Waals surface area contributed by atoms with Crippen LogP contribution in [0.15, 0.2) is 93.9 Å². The van der Waals surface area contributed by atoms with Crippen molar-refractivity contribution in [2.75, 3.05) is 19.8 Å². The van der Waals surface area contributed by atoms with Gasteiger partial charge in [-0.15, -0.1) is 0 Å². The third-order valence-electron chi connectivity index (χ3n) is 6.80. The Labute approximate surface area is 254 Å². The minimum absolute atomic E-state index is 0.197. The first-order valence-electron chi connectivity index (χ1n) is 14.3. The Morgan fingerprint density at radius 2 is 1.67 bits per heavy atom. The number of thiazole rings is 1. The van der Waals surface area contributed by atoms with E-state index in [2.05, 4.69) is 4.99 Å². The number of allylic oxidation sites excluding steroid dienone is 1. The number of fused-ring (bicyclic) bond motifs is 1. The maximum atomic E-state index is 14.0. The van der Waals surface area contributed by atoms with Gasteiger partial charge >= 0.3 is 5.97 Å². The molecule has 0 fully saturated rings. The Bertz CT molecular complexity index is 1820. The SMILES string of the molecule is CCOC(=O)C1=C(C)N=c2s/c(=C\c3cccc(OCc4ccccc4)c3)c(=O)n2[C@@H]1c1ccc(OCC)c(OCC)c1. The van der Waals surface area contributed by atoms with E-state index in [1.165, 1.54) is 11.3 Å². The van der Waals surface area contributed by atoms with Crippen molar-refractivity contribution in [2.45, 2.75) is 40.3 Å². The van der Waals surface area contributed by atoms with E-state index in [0.717, 1.165) is 11.1 Å². The first-order chi connectivity index (χ1) is 20.9. The molecule has 43 heavy (non-hydrogen) atoms. The predicted octanol–water partition coefficient (Wildman–Crippen LogP) is 5.17. The van der Waals surface area contributed by atoms with Crippen molar-refractivity contribution in [1.82, 2.24) is 4.57 Å². The minimum Gasteiger partial charge on any atom is -0.490 e. The lowest BCUT2D eigenvalue weighted by molar-refractivity contribution is -0.139. The van der Waals surface area contributed by atoms with Crippen molar-refractivity contribution in [1.29, 1.82) is 0 Å². The van der Waals surface area contributed by atoms with E-state index < -0.39 is 12.0 Å². The molecule has 3 aromatic carbocycles. The number of ether oxygens (including phenoxy) is 4. The summed E-state index contributed by atoms with van der Waals surface area (Å²) < 4.78 is 25.1. The molecule has 1 atom stereocenters. The quantitative estimate of drug-likeness (QED) is 0.221. The summed E-state index contributed by atoms with van der Waals surface area (Å²) in [5, 5.41) is 0. The first kappa shape index (κ1) is 29.8. The van der Waals surface area contributed by atoms with Gasteiger partial charge in [0.1, 0.15) is 12.4 Å². The smallest absolute Gasteiger partial charge is 0.338 e. The van der Waals surface area contributed by atoms with E-state index in [1.807, 2.05) is 86.7 Å². The van der Waals surface area contributed by atoms with Gasteiger partial charge in [0, 0.05) is 0 Å². The molecule has 0 unspecified atom stereocenters. The summed E-state index contributed by atoms with van der Waals surface area (Å²) in [5.74, 6) is 1.31. The van der Waals surface area contributed by atoms with Gasteiger partial charge in [-0.3, -0.25) is 9.36 Å². The van der Waals surface area contributed by atoms with Crippen LogP contribution in [-0.4, -0.2) is 30.4 Å². The van der Waals surface area contributed by atoms with Crippen LogP contribution in [0.3, 0.4) is 0 Å². The molecule has 2 heterocycles. The summed E-state index contributed by atoms with van der Waals surface area (Å²) >= 11 is 1.27. The second-order valence-electron chi connectivity index (χ2n) is 9.72. The van der Waals surface area contributed by atoms with Gasteiger partial charge < -0.3 is 18.9 Å². The molecule has 0 N–H and O–H groups in total. The zero-order valence-corrected chi connectivity index (χ0v) is 25.5. The summed E-state index contributed by atoms with van der Waals surface area (Å²) in [5.41, 5.74) is 3.12. The highest BCUT2D eigenvalue weighted by atomic mass is 32.1. The fourth-order valence-electron chi connectivity index (χ4n) is 4.93. The summed E-state index contributed by atoms with van der Waals surface area (Å²) in [4.78, 5) is 32.5. The molecular weight excluding hydrogens is 564 g/mol. The zero-order valence-electron chi connectivity index (χ0n) is 24.7. The van der Waals surface area contributed by atoms with E-state index in [4.69, 9.17) is 18.9 Å². The van der Waals surface area contributed by atoms with Crippen molar-refractivity contribution < 1.29 is 23.7 Å². The highest BCUT2D eigenvalue weighted by Crippen LogP contribution is 2.36. The van der Waals surface area contributed by atoms with E-state index in [1.54, 1.807) is 24.5 Å². The van der Waals surface area contributed by atoms with Crippen LogP contribution in [0.4, 0.5) is 0 Å². The predicted molar refractivity (Wildman–Crippen MR) is 166 cm³/mol. The van der Waals surface area contributed by atoms with Gasteiger partial charge in [0.2, 0.25) is 0 Å². The second kappa shape index (κ2) is 13.6. The van der Waals surface area contributed by atoms with Crippen LogP contribution < -0.4 is 29.1 Å². The largest absolute Gasteiger partial charge is 0.490 e. The molecule has 9 heteroatoms. The lowest BCUT2D eigenvalue weighted by Crippen LogP contribution is -2.40. The van der Waals surface area contributed by atoms with Crippen molar-refractivity contribution >= 4 is 23.4 Å². The van der Waals surface area contributed by atoms with E-state index in [9.17, 15) is 9.59 Å². The van der Waals surface area contributed by atoms with Crippen molar-refractivity contribution in [2.24, 2.45) is 4.99 Å². The Kier molecular flexibility index (Phi) is 9.41. The molecule has 1 aliphatic rings. The van der Waals surface area contributed by atoms with Crippen LogP contribution in [-0.2, 0) is 16.1 Å². The molecule has 0 saturated heterocycles. The molecule has 0 spiro atoms. The van der Waals surface area contributed by atoms with Gasteiger partial charge in [-0.2, -0.15) is 0 Å². The summed E-state index contributed by atoms with van der Waals surface area (Å²) in [6, 6.07) is 22.2. The fourth-order valence-corrected chi connectivity index (χ4v) is 5.98. The molecule has 0 aliphatic carbocycles. The van der Waals surface area contributed by atoms with Crippen molar-refractivity contribution in [3.8, 4) is 17.2 Å². The average molecular weight is 599 g/mol. The standard InChI is InChI=1S/C34H34N2O6S/c1-5-39-27-17-16-25(20-28(27)40-6-2)31-30(33(38)41-7-3)22(4)35-34-36(31)32(37)29(43-34)19-24-14-11-15-26(18-24)42-21-23-12-9-8-10-13-23/h8-20,31H,5-7,21H2,1-4H3/b29-19-/t31-/m1/s1. The molecule has 4 aromatic rings. The highest BCUT2D eigenvalue weighted by molar-refractivity contribution is 7.07. The van der Waals surface area contributed by atoms with Gasteiger partial charge in [0.25, 0.3) is 5.56 Å². The van der Waals surface area contributed by atoms with Gasteiger partial charge in [-0.05, 0) is 74.7 Å². The summed E-state index contributed by atoms with van der Waals surface area (Å²) in [7, 11) is 0. The average Bonchev–Trinajstić information content (AvgIpc) is 3.31. The fraction of sp³-hybridized carbons (Fsp3) is 0.265. The number of rotatable bonds is 11. The molecular formula is C34H34N2O6S. The van der Waals surface area contributed by atoms with Gasteiger partial charge in [0.15, 0.2) is 16.3 Å². The molecule has 8 nitrogen and oxygen atoms in total. The lowest BCUT2D eigenvalue weighted by atomic mass is 9.95. The zero-order chi connectivity index (χ0) is 30.3. The number of carbonyl (C=O) groups excluding carboxylic acids is 1. The topological polar surface area (TPSA) is 88.4 Å². The molecule has 0 saturated carbocycles. The summed E-state index contributed by atoms with van der Waals surface area (Å²) in [6.07, 6.45) is 1.82. The molecule has 0 amide bonds. The Morgan fingerprint density at radius 1 is 0.907 bits per heavy atom. The maximum absolute atomic E-state index is 14.0. The normalized spacial score (nSPS) is 14.6. The molecule has 0 bridgehead atoms. The number of esters is 1. The monoisotopic (exact) mass is 598 g/mol. The Balaban J connectivity index is 1.58. The maximum Gasteiger partial charge on any atom is 0.338 e.